The summed E-state index contributed by atoms with van der Waals surface area (Å²) in [5.74, 6) is -0.809. The molecule has 8 heteroatoms. The molecule has 2 rings (SSSR count). The lowest BCUT2D eigenvalue weighted by molar-refractivity contribution is 0.214. The van der Waals surface area contributed by atoms with Gasteiger partial charge in [0, 0.05) is 9.50 Å². The molecule has 0 aliphatic carbocycles. The Labute approximate surface area is 161 Å². The molecule has 0 heterocycles. The molecule has 25 heavy (non-hydrogen) atoms. The summed E-state index contributed by atoms with van der Waals surface area (Å²) in [4.78, 5) is 0. The molecule has 5 nitrogen and oxygen atoms in total. The van der Waals surface area contributed by atoms with Gasteiger partial charge in [-0.2, -0.15) is 0 Å². The van der Waals surface area contributed by atoms with Crippen molar-refractivity contribution in [2.45, 2.75) is 19.6 Å². The van der Waals surface area contributed by atoms with Crippen LogP contribution in [0.3, 0.4) is 0 Å². The predicted octanol–water partition coefficient (Wildman–Crippen LogP) is 6.18. The highest BCUT2D eigenvalue weighted by atomic mass is 79.9. The van der Waals surface area contributed by atoms with Crippen LogP contribution in [0.5, 0.6) is 5.75 Å². The molecule has 0 spiro atoms. The molecule has 0 aromatic heterocycles. The Hall–Kier alpha value is -1.04. The van der Waals surface area contributed by atoms with Crippen LogP contribution in [0.15, 0.2) is 46.9 Å². The normalized spacial score (nSPS) is 12.8. The molecule has 0 saturated carbocycles. The van der Waals surface area contributed by atoms with E-state index in [1.54, 1.807) is 26.0 Å². The SMILES string of the molecule is CCOP(=O)(OCC)[C@@H](Nc1cc(Cl)ccc1O)c1ccc(Br)cc1. The van der Waals surface area contributed by atoms with Crippen molar-refractivity contribution in [3.63, 3.8) is 0 Å². The molecule has 1 atom stereocenters. The molecule has 0 fully saturated rings. The Morgan fingerprint density at radius 2 is 1.76 bits per heavy atom. The Bertz CT molecular complexity index is 747. The van der Waals surface area contributed by atoms with Crippen LogP contribution in [0.4, 0.5) is 5.69 Å². The van der Waals surface area contributed by atoms with E-state index < -0.39 is 13.4 Å². The largest absolute Gasteiger partial charge is 0.506 e. The van der Waals surface area contributed by atoms with Gasteiger partial charge in [-0.05, 0) is 49.7 Å². The smallest absolute Gasteiger partial charge is 0.357 e. The van der Waals surface area contributed by atoms with Crippen LogP contribution in [-0.4, -0.2) is 18.3 Å². The summed E-state index contributed by atoms with van der Waals surface area (Å²) in [5, 5.41) is 13.6. The Morgan fingerprint density at radius 1 is 1.16 bits per heavy atom. The molecule has 2 aromatic carbocycles. The van der Waals surface area contributed by atoms with Gasteiger partial charge in [-0.3, -0.25) is 4.57 Å². The van der Waals surface area contributed by atoms with E-state index >= 15 is 0 Å². The summed E-state index contributed by atoms with van der Waals surface area (Å²) in [7, 11) is -3.55. The minimum absolute atomic E-state index is 0.00828. The van der Waals surface area contributed by atoms with Crippen molar-refractivity contribution in [2.24, 2.45) is 0 Å². The molecule has 0 amide bonds. The first kappa shape index (κ1) is 20.3. The number of hydrogen-bond acceptors (Lipinski definition) is 5. The quantitative estimate of drug-likeness (QED) is 0.372. The van der Waals surface area contributed by atoms with E-state index in [9.17, 15) is 9.67 Å². The number of halogens is 2. The third kappa shape index (κ3) is 5.22. The zero-order valence-electron chi connectivity index (χ0n) is 13.9. The monoisotopic (exact) mass is 447 g/mol. The molecule has 0 aliphatic heterocycles. The third-order valence-electron chi connectivity index (χ3n) is 3.37. The Morgan fingerprint density at radius 3 is 2.32 bits per heavy atom. The minimum atomic E-state index is -3.55. The van der Waals surface area contributed by atoms with Gasteiger partial charge in [0.05, 0.1) is 18.9 Å². The summed E-state index contributed by atoms with van der Waals surface area (Å²) < 4.78 is 25.3. The van der Waals surface area contributed by atoms with Crippen molar-refractivity contribution in [1.82, 2.24) is 0 Å². The van der Waals surface area contributed by atoms with Crippen LogP contribution in [0.25, 0.3) is 0 Å². The maximum atomic E-state index is 13.4. The zero-order chi connectivity index (χ0) is 18.4. The fourth-order valence-electron chi connectivity index (χ4n) is 2.31. The number of phenolic OH excluding ortho intramolecular Hbond substituents is 1. The first-order valence-electron chi connectivity index (χ1n) is 7.79. The highest BCUT2D eigenvalue weighted by Gasteiger charge is 2.37. The molecule has 0 bridgehead atoms. The van der Waals surface area contributed by atoms with Gasteiger partial charge in [0.15, 0.2) is 5.78 Å². The first-order chi connectivity index (χ1) is 11.9. The van der Waals surface area contributed by atoms with Crippen molar-refractivity contribution in [3.8, 4) is 5.75 Å². The molecule has 2 aromatic rings. The number of phenols is 1. The molecule has 0 unspecified atom stereocenters. The van der Waals surface area contributed by atoms with Gasteiger partial charge in [0.1, 0.15) is 5.75 Å². The maximum absolute atomic E-state index is 13.4. The molecule has 0 saturated heterocycles. The number of anilines is 1. The van der Waals surface area contributed by atoms with Crippen LogP contribution in [-0.2, 0) is 13.6 Å². The third-order valence-corrected chi connectivity index (χ3v) is 6.43. The fourth-order valence-corrected chi connectivity index (χ4v) is 4.67. The summed E-state index contributed by atoms with van der Waals surface area (Å²) in [6.45, 7) is 3.96. The van der Waals surface area contributed by atoms with Crippen LogP contribution in [0, 0.1) is 0 Å². The van der Waals surface area contributed by atoms with E-state index in [0.29, 0.717) is 16.3 Å². The molecular formula is C17H20BrClNO4P. The molecular weight excluding hydrogens is 429 g/mol. The van der Waals surface area contributed by atoms with Crippen LogP contribution in [0.2, 0.25) is 5.02 Å². The average Bonchev–Trinajstić information content (AvgIpc) is 2.57. The highest BCUT2D eigenvalue weighted by Crippen LogP contribution is 2.61. The van der Waals surface area contributed by atoms with Gasteiger partial charge in [0.2, 0.25) is 0 Å². The second-order valence-electron chi connectivity index (χ2n) is 5.14. The second kappa shape index (κ2) is 9.06. The standard InChI is InChI=1S/C17H20BrClNO4P/c1-3-23-25(22,24-4-2)17(12-5-7-13(18)8-6-12)20-15-11-14(19)9-10-16(15)21/h5-11,17,20-21H,3-4H2,1-2H3/t17-/m1/s1. The zero-order valence-corrected chi connectivity index (χ0v) is 17.1. The van der Waals surface area contributed by atoms with Gasteiger partial charge in [0.25, 0.3) is 0 Å². The summed E-state index contributed by atoms with van der Waals surface area (Å²) in [6, 6.07) is 11.9. The van der Waals surface area contributed by atoms with Crippen LogP contribution in [0.1, 0.15) is 25.2 Å². The topological polar surface area (TPSA) is 67.8 Å². The number of rotatable bonds is 8. The van der Waals surface area contributed by atoms with Crippen LogP contribution < -0.4 is 5.32 Å². The van der Waals surface area contributed by atoms with Crippen LogP contribution >= 0.6 is 35.1 Å². The highest BCUT2D eigenvalue weighted by molar-refractivity contribution is 9.10. The van der Waals surface area contributed by atoms with Crippen molar-refractivity contribution < 1.29 is 18.7 Å². The van der Waals surface area contributed by atoms with Crippen molar-refractivity contribution in [3.05, 3.63) is 57.5 Å². The summed E-state index contributed by atoms with van der Waals surface area (Å²) in [5.41, 5.74) is 1.05. The number of aromatic hydroxyl groups is 1. The van der Waals surface area contributed by atoms with E-state index in [0.717, 1.165) is 4.47 Å². The summed E-state index contributed by atoms with van der Waals surface area (Å²) >= 11 is 9.40. The van der Waals surface area contributed by atoms with E-state index in [2.05, 4.69) is 21.2 Å². The number of benzene rings is 2. The number of hydrogen-bond donors (Lipinski definition) is 2. The minimum Gasteiger partial charge on any atom is -0.506 e. The predicted molar refractivity (Wildman–Crippen MR) is 104 cm³/mol. The summed E-state index contributed by atoms with van der Waals surface area (Å²) in [6.07, 6.45) is 0. The van der Waals surface area contributed by atoms with Gasteiger partial charge in [-0.15, -0.1) is 0 Å². The fraction of sp³-hybridized carbons (Fsp3) is 0.294. The Kier molecular flexibility index (Phi) is 7.35. The van der Waals surface area contributed by atoms with Crippen molar-refractivity contribution in [1.29, 1.82) is 0 Å². The molecule has 136 valence electrons. The van der Waals surface area contributed by atoms with Crippen molar-refractivity contribution >= 4 is 40.8 Å². The molecule has 2 N–H and O–H groups in total. The van der Waals surface area contributed by atoms with Gasteiger partial charge >= 0.3 is 7.60 Å². The number of nitrogens with one attached hydrogen (secondary N) is 1. The van der Waals surface area contributed by atoms with Gasteiger partial charge < -0.3 is 19.5 Å². The van der Waals surface area contributed by atoms with E-state index in [1.807, 2.05) is 24.3 Å². The molecule has 0 radical (unpaired) electrons. The Balaban J connectivity index is 2.49. The van der Waals surface area contributed by atoms with E-state index in [-0.39, 0.29) is 19.0 Å². The lowest BCUT2D eigenvalue weighted by Gasteiger charge is -2.28. The van der Waals surface area contributed by atoms with E-state index in [4.69, 9.17) is 20.6 Å². The average molecular weight is 449 g/mol. The van der Waals surface area contributed by atoms with Gasteiger partial charge in [-0.25, -0.2) is 0 Å². The van der Waals surface area contributed by atoms with Crippen molar-refractivity contribution in [2.75, 3.05) is 18.5 Å². The lowest BCUT2D eigenvalue weighted by Crippen LogP contribution is -2.15. The second-order valence-corrected chi connectivity index (χ2v) is 8.60. The maximum Gasteiger partial charge on any atom is 0.357 e. The van der Waals surface area contributed by atoms with Gasteiger partial charge in [-0.1, -0.05) is 39.7 Å². The van der Waals surface area contributed by atoms with E-state index in [1.165, 1.54) is 6.07 Å². The molecule has 0 aliphatic rings. The first-order valence-corrected chi connectivity index (χ1v) is 10.6. The lowest BCUT2D eigenvalue weighted by atomic mass is 10.2.